The van der Waals surface area contributed by atoms with Gasteiger partial charge >= 0.3 is 24.1 Å². The van der Waals surface area contributed by atoms with E-state index in [1.807, 2.05) is 0 Å². The van der Waals surface area contributed by atoms with E-state index < -0.39 is 42.1 Å². The largest absolute Gasteiger partial charge is 0.488 e. The van der Waals surface area contributed by atoms with E-state index in [1.165, 1.54) is 47.9 Å². The Kier molecular flexibility index (Phi) is 6.90. The molecule has 0 saturated heterocycles. The van der Waals surface area contributed by atoms with E-state index in [0.29, 0.717) is 32.7 Å². The maximum absolute atomic E-state index is 14.3. The smallest absolute Gasteiger partial charge is 0.471 e. The minimum Gasteiger partial charge on any atom is -0.488 e. The predicted octanol–water partition coefficient (Wildman–Crippen LogP) is 5.98. The molecule has 0 radical (unpaired) electrons. The number of carbonyl (C=O) groups is 2. The molecule has 9 nitrogen and oxygen atoms in total. The number of hydrogen-bond donors (Lipinski definition) is 0. The molecule has 0 saturated carbocycles. The first-order chi connectivity index (χ1) is 20.5. The molecule has 4 aromatic rings. The highest BCUT2D eigenvalue weighted by molar-refractivity contribution is 5.98. The standard InChI is InChI=1S/C30H25F4N3O6/c1-4-40-29-35-21-11-8-17(31)12-23(21)37(29)22-7-5-6-19-24(14-41-27(19)22)36(28(39)30(32,33)34)18-9-10-20-25(13-18)42-15(2)26(20)43-16(3)38/h5-13,15,24,26H,4,14H2,1-3H3/t15?,24-,26-/m1/s1. The van der Waals surface area contributed by atoms with E-state index in [2.05, 4.69) is 4.98 Å². The lowest BCUT2D eigenvalue weighted by molar-refractivity contribution is -0.171. The highest BCUT2D eigenvalue weighted by Crippen LogP contribution is 2.47. The molecule has 43 heavy (non-hydrogen) atoms. The molecule has 0 spiro atoms. The minimum atomic E-state index is -5.21. The topological polar surface area (TPSA) is 92.1 Å². The zero-order chi connectivity index (χ0) is 30.6. The van der Waals surface area contributed by atoms with Gasteiger partial charge < -0.3 is 18.9 Å². The first kappa shape index (κ1) is 28.3. The lowest BCUT2D eigenvalue weighted by atomic mass is 10.0. The summed E-state index contributed by atoms with van der Waals surface area (Å²) in [5, 5.41) is 0. The zero-order valence-electron chi connectivity index (χ0n) is 23.1. The number of esters is 1. The summed E-state index contributed by atoms with van der Waals surface area (Å²) in [6.45, 7) is 4.60. The number of imidazole rings is 1. The summed E-state index contributed by atoms with van der Waals surface area (Å²) < 4.78 is 80.6. The molecular weight excluding hydrogens is 574 g/mol. The molecule has 0 bridgehead atoms. The van der Waals surface area contributed by atoms with Gasteiger partial charge in [0.25, 0.3) is 0 Å². The maximum atomic E-state index is 14.3. The summed E-state index contributed by atoms with van der Waals surface area (Å²) in [5.41, 5.74) is 1.83. The van der Waals surface area contributed by atoms with Gasteiger partial charge in [-0.15, -0.1) is 0 Å². The van der Waals surface area contributed by atoms with E-state index in [1.54, 1.807) is 32.0 Å². The van der Waals surface area contributed by atoms with Crippen molar-refractivity contribution in [3.8, 4) is 23.2 Å². The molecule has 13 heteroatoms. The second-order valence-electron chi connectivity index (χ2n) is 10.1. The van der Waals surface area contributed by atoms with Crippen LogP contribution in [0.15, 0.2) is 54.6 Å². The number of rotatable bonds is 6. The van der Waals surface area contributed by atoms with Crippen LogP contribution in [0.2, 0.25) is 0 Å². The molecule has 1 aromatic heterocycles. The van der Waals surface area contributed by atoms with Gasteiger partial charge in [-0.3, -0.25) is 19.1 Å². The number of para-hydroxylation sites is 1. The summed E-state index contributed by atoms with van der Waals surface area (Å²) in [7, 11) is 0. The Morgan fingerprint density at radius 3 is 2.63 bits per heavy atom. The Morgan fingerprint density at radius 2 is 1.91 bits per heavy atom. The first-order valence-electron chi connectivity index (χ1n) is 13.4. The van der Waals surface area contributed by atoms with Gasteiger partial charge in [0.15, 0.2) is 6.10 Å². The van der Waals surface area contributed by atoms with Gasteiger partial charge in [-0.2, -0.15) is 18.2 Å². The summed E-state index contributed by atoms with van der Waals surface area (Å²) in [6, 6.07) is 11.9. The number of nitrogens with zero attached hydrogens (tertiary/aromatic N) is 3. The Labute approximate surface area is 242 Å². The number of alkyl halides is 3. The van der Waals surface area contributed by atoms with Crippen LogP contribution in [0.25, 0.3) is 16.7 Å². The van der Waals surface area contributed by atoms with Crippen LogP contribution >= 0.6 is 0 Å². The molecular formula is C30H25F4N3O6. The van der Waals surface area contributed by atoms with E-state index in [4.69, 9.17) is 18.9 Å². The van der Waals surface area contributed by atoms with Gasteiger partial charge in [0.1, 0.15) is 30.0 Å². The van der Waals surface area contributed by atoms with Crippen LogP contribution in [0.1, 0.15) is 44.0 Å². The van der Waals surface area contributed by atoms with E-state index in [0.717, 1.165) is 0 Å². The summed E-state index contributed by atoms with van der Waals surface area (Å²) >= 11 is 0. The van der Waals surface area contributed by atoms with Crippen molar-refractivity contribution in [2.75, 3.05) is 18.1 Å². The normalized spacial score (nSPS) is 18.9. The molecule has 2 aliphatic rings. The molecule has 0 aliphatic carbocycles. The number of hydrogen-bond acceptors (Lipinski definition) is 7. The molecule has 224 valence electrons. The predicted molar refractivity (Wildman–Crippen MR) is 145 cm³/mol. The van der Waals surface area contributed by atoms with Crippen LogP contribution in [0.5, 0.6) is 17.5 Å². The Balaban J connectivity index is 1.46. The highest BCUT2D eigenvalue weighted by Gasteiger charge is 2.48. The molecule has 3 aromatic carbocycles. The van der Waals surface area contributed by atoms with Crippen molar-refractivity contribution in [3.63, 3.8) is 0 Å². The lowest BCUT2D eigenvalue weighted by Crippen LogP contribution is -2.44. The van der Waals surface area contributed by atoms with E-state index in [-0.39, 0.29) is 36.4 Å². The third-order valence-electron chi connectivity index (χ3n) is 7.26. The molecule has 0 N–H and O–H groups in total. The van der Waals surface area contributed by atoms with Crippen LogP contribution < -0.4 is 19.1 Å². The molecule has 3 atom stereocenters. The van der Waals surface area contributed by atoms with Crippen molar-refractivity contribution in [1.29, 1.82) is 0 Å². The molecule has 6 rings (SSSR count). The SMILES string of the molecule is CCOc1nc2ccc(F)cc2n1-c1cccc2c1OC[C@H]2N(C(=O)C(F)(F)F)c1ccc2c(c1)OC(C)[C@H]2OC(C)=O. The second kappa shape index (κ2) is 10.5. The van der Waals surface area contributed by atoms with Crippen molar-refractivity contribution in [2.24, 2.45) is 0 Å². The quantitative estimate of drug-likeness (QED) is 0.199. The average Bonchev–Trinajstić information content (AvgIpc) is 3.61. The van der Waals surface area contributed by atoms with Crippen molar-refractivity contribution in [3.05, 3.63) is 71.5 Å². The fourth-order valence-electron chi connectivity index (χ4n) is 5.53. The van der Waals surface area contributed by atoms with Crippen molar-refractivity contribution in [2.45, 2.75) is 45.2 Å². The first-order valence-corrected chi connectivity index (χ1v) is 13.4. The zero-order valence-corrected chi connectivity index (χ0v) is 23.1. The molecule has 2 aliphatic heterocycles. The summed E-state index contributed by atoms with van der Waals surface area (Å²) in [6.07, 6.45) is -6.55. The number of anilines is 1. The van der Waals surface area contributed by atoms with Crippen LogP contribution in [0.3, 0.4) is 0 Å². The number of aromatic nitrogens is 2. The number of fused-ring (bicyclic) bond motifs is 3. The molecule has 1 amide bonds. The fraction of sp³-hybridized carbons (Fsp3) is 0.300. The third kappa shape index (κ3) is 4.88. The monoisotopic (exact) mass is 599 g/mol. The molecule has 0 fully saturated rings. The van der Waals surface area contributed by atoms with E-state index >= 15 is 0 Å². The van der Waals surface area contributed by atoms with Gasteiger partial charge in [-0.25, -0.2) is 4.39 Å². The Bertz CT molecular complexity index is 1750. The molecule has 1 unspecified atom stereocenters. The Morgan fingerprint density at radius 1 is 1.12 bits per heavy atom. The number of carbonyl (C=O) groups excluding carboxylic acids is 2. The number of amides is 1. The lowest BCUT2D eigenvalue weighted by Gasteiger charge is -2.29. The average molecular weight is 600 g/mol. The van der Waals surface area contributed by atoms with Crippen LogP contribution in [0.4, 0.5) is 23.2 Å². The minimum absolute atomic E-state index is 0.0891. The fourth-order valence-corrected chi connectivity index (χ4v) is 5.53. The second-order valence-corrected chi connectivity index (χ2v) is 10.1. The number of ether oxygens (including phenoxy) is 4. The van der Waals surface area contributed by atoms with Crippen LogP contribution in [-0.2, 0) is 14.3 Å². The highest BCUT2D eigenvalue weighted by atomic mass is 19.4. The van der Waals surface area contributed by atoms with Gasteiger partial charge in [-0.05, 0) is 44.2 Å². The number of halogens is 4. The van der Waals surface area contributed by atoms with Crippen molar-refractivity contribution < 1.29 is 46.1 Å². The summed E-state index contributed by atoms with van der Waals surface area (Å²) in [4.78, 5) is 29.6. The van der Waals surface area contributed by atoms with E-state index in [9.17, 15) is 27.2 Å². The van der Waals surface area contributed by atoms with Crippen LogP contribution in [0, 0.1) is 5.82 Å². The van der Waals surface area contributed by atoms with Crippen molar-refractivity contribution >= 4 is 28.6 Å². The third-order valence-corrected chi connectivity index (χ3v) is 7.26. The van der Waals surface area contributed by atoms with Gasteiger partial charge in [0.2, 0.25) is 0 Å². The van der Waals surface area contributed by atoms with Crippen LogP contribution in [-0.4, -0.2) is 46.9 Å². The molecule has 3 heterocycles. The number of benzene rings is 3. The van der Waals surface area contributed by atoms with Gasteiger partial charge in [0.05, 0.1) is 29.4 Å². The van der Waals surface area contributed by atoms with Gasteiger partial charge in [-0.1, -0.05) is 12.1 Å². The summed E-state index contributed by atoms with van der Waals surface area (Å²) in [5.74, 6) is -2.78. The maximum Gasteiger partial charge on any atom is 0.471 e. The van der Waals surface area contributed by atoms with Gasteiger partial charge in [0, 0.05) is 35.9 Å². The Hall–Kier alpha value is -4.81. The van der Waals surface area contributed by atoms with Crippen molar-refractivity contribution in [1.82, 2.24) is 9.55 Å².